The number of hydrogen-bond acceptors (Lipinski definition) is 9. The summed E-state index contributed by atoms with van der Waals surface area (Å²) in [7, 11) is 0. The Morgan fingerprint density at radius 3 is 1.63 bits per heavy atom. The van der Waals surface area contributed by atoms with Crippen LogP contribution in [-0.2, 0) is 32.5 Å². The van der Waals surface area contributed by atoms with E-state index in [9.17, 15) is 18.7 Å². The van der Waals surface area contributed by atoms with Gasteiger partial charge in [-0.3, -0.25) is 4.79 Å². The average molecular weight is 853 g/mol. The van der Waals surface area contributed by atoms with Gasteiger partial charge in [-0.2, -0.15) is 0 Å². The molecule has 13 heteroatoms. The van der Waals surface area contributed by atoms with E-state index in [1.807, 2.05) is 41.8 Å². The number of imidazole rings is 2. The van der Waals surface area contributed by atoms with E-state index in [0.717, 1.165) is 87.7 Å². The summed E-state index contributed by atoms with van der Waals surface area (Å²) in [6.07, 6.45) is 4.01. The van der Waals surface area contributed by atoms with E-state index in [-0.39, 0.29) is 24.8 Å². The van der Waals surface area contributed by atoms with Gasteiger partial charge in [-0.15, -0.1) is 0 Å². The molecule has 63 heavy (non-hydrogen) atoms. The molecule has 0 spiro atoms. The third kappa shape index (κ3) is 12.3. The number of fused-ring (bicyclic) bond motifs is 2. The molecule has 0 bridgehead atoms. The first-order valence-corrected chi connectivity index (χ1v) is 20.8. The minimum Gasteiger partial charge on any atom is -0.398 e. The molecule has 6 aromatic carbocycles. The number of rotatable bonds is 14. The smallest absolute Gasteiger partial charge is 0.201 e. The molecule has 0 atom stereocenters. The minimum atomic E-state index is -0.277. The second-order valence-corrected chi connectivity index (χ2v) is 15.4. The maximum Gasteiger partial charge on any atom is 0.201 e. The standard InChI is InChI=1S/C25H27FN4O.C15H12FN3O.C10H15NO/c1-17-4-8-20(3-2-12-31)23(13-17)28-15-19-7-11-22-24(14-19)30(25(27)29-22)16-18-5-9-21(26)10-6-18;16-12-4-1-10(2-5-12)8-19-14-7-11(9-20)3-6-13(14)18-15(19)17;1-8-4-5-9(3-2-6-12)10(11)7-8/h4-11,13-14,28,31H,2-3,12,15-16H2,1H3,(H2,27,29);1-7,9H,8H2,(H2,17,18);4-5,7,12H,2-3,6,11H2,1H3. The van der Waals surface area contributed by atoms with Gasteiger partial charge >= 0.3 is 0 Å². The normalized spacial score (nSPS) is 10.9. The fraction of sp³-hybridized carbons (Fsp3) is 0.220. The number of benzene rings is 6. The highest BCUT2D eigenvalue weighted by atomic mass is 19.1. The Hall–Kier alpha value is -7.09. The van der Waals surface area contributed by atoms with Gasteiger partial charge in [0.2, 0.25) is 11.9 Å². The Morgan fingerprint density at radius 2 is 1.10 bits per heavy atom. The number of nitrogen functional groups attached to an aromatic ring is 3. The highest BCUT2D eigenvalue weighted by molar-refractivity contribution is 5.86. The van der Waals surface area contributed by atoms with Crippen LogP contribution >= 0.6 is 0 Å². The van der Waals surface area contributed by atoms with Crippen molar-refractivity contribution in [2.75, 3.05) is 35.7 Å². The van der Waals surface area contributed by atoms with Crippen LogP contribution in [0, 0.1) is 25.5 Å². The molecule has 0 unspecified atom stereocenters. The van der Waals surface area contributed by atoms with Crippen LogP contribution in [0.3, 0.4) is 0 Å². The number of anilines is 4. The van der Waals surface area contributed by atoms with Crippen molar-refractivity contribution in [2.24, 2.45) is 0 Å². The van der Waals surface area contributed by atoms with Crippen molar-refractivity contribution in [3.8, 4) is 0 Å². The first-order valence-electron chi connectivity index (χ1n) is 20.8. The number of carbonyl (C=O) groups is 1. The van der Waals surface area contributed by atoms with Crippen molar-refractivity contribution in [3.63, 3.8) is 0 Å². The van der Waals surface area contributed by atoms with Gasteiger partial charge < -0.3 is 41.9 Å². The molecule has 0 saturated carbocycles. The molecule has 0 saturated heterocycles. The Labute approximate surface area is 365 Å². The molecule has 8 rings (SSSR count). The maximum atomic E-state index is 13.2. The predicted molar refractivity (Wildman–Crippen MR) is 250 cm³/mol. The topological polar surface area (TPSA) is 183 Å². The minimum absolute atomic E-state index is 0.184. The van der Waals surface area contributed by atoms with E-state index >= 15 is 0 Å². The summed E-state index contributed by atoms with van der Waals surface area (Å²) < 4.78 is 29.9. The fourth-order valence-corrected chi connectivity index (χ4v) is 7.16. The molecule has 0 aliphatic carbocycles. The zero-order chi connectivity index (χ0) is 44.9. The molecule has 11 nitrogen and oxygen atoms in total. The highest BCUT2D eigenvalue weighted by Crippen LogP contribution is 2.25. The van der Waals surface area contributed by atoms with Crippen molar-refractivity contribution in [1.29, 1.82) is 0 Å². The molecule has 326 valence electrons. The average Bonchev–Trinajstić information content (AvgIpc) is 3.76. The van der Waals surface area contributed by atoms with Gasteiger partial charge in [-0.05, 0) is 145 Å². The Bertz CT molecular complexity index is 2770. The van der Waals surface area contributed by atoms with Gasteiger partial charge in [0, 0.05) is 36.7 Å². The highest BCUT2D eigenvalue weighted by Gasteiger charge is 2.12. The lowest BCUT2D eigenvalue weighted by Crippen LogP contribution is -2.06. The maximum absolute atomic E-state index is 13.2. The van der Waals surface area contributed by atoms with Crippen molar-refractivity contribution in [3.05, 3.63) is 177 Å². The number of aryl methyl sites for hydroxylation is 4. The van der Waals surface area contributed by atoms with Gasteiger partial charge in [0.25, 0.3) is 0 Å². The van der Waals surface area contributed by atoms with Crippen LogP contribution in [0.1, 0.15) is 62.1 Å². The summed E-state index contributed by atoms with van der Waals surface area (Å²) in [5, 5.41) is 21.3. The monoisotopic (exact) mass is 852 g/mol. The van der Waals surface area contributed by atoms with Crippen LogP contribution in [0.5, 0.6) is 0 Å². The molecule has 2 aromatic heterocycles. The van der Waals surface area contributed by atoms with Gasteiger partial charge in [0.05, 0.1) is 35.2 Å². The molecule has 0 radical (unpaired) electrons. The number of aromatic nitrogens is 4. The van der Waals surface area contributed by atoms with Crippen molar-refractivity contribution < 1.29 is 23.8 Å². The summed E-state index contributed by atoms with van der Waals surface area (Å²) in [4.78, 5) is 19.6. The molecular weight excluding hydrogens is 799 g/mol. The zero-order valence-electron chi connectivity index (χ0n) is 35.6. The summed E-state index contributed by atoms with van der Waals surface area (Å²) in [6.45, 7) is 6.17. The van der Waals surface area contributed by atoms with Crippen LogP contribution in [0.4, 0.5) is 32.1 Å². The van der Waals surface area contributed by atoms with Gasteiger partial charge in [-0.1, -0.05) is 54.6 Å². The third-order valence-corrected chi connectivity index (χ3v) is 10.5. The second kappa shape index (κ2) is 21.6. The largest absolute Gasteiger partial charge is 0.398 e. The van der Waals surface area contributed by atoms with E-state index in [1.54, 1.807) is 47.0 Å². The van der Waals surface area contributed by atoms with E-state index in [4.69, 9.17) is 22.3 Å². The molecule has 0 fully saturated rings. The summed E-state index contributed by atoms with van der Waals surface area (Å²) in [6, 6.07) is 36.4. The molecule has 9 N–H and O–H groups in total. The quantitative estimate of drug-likeness (QED) is 0.0460. The first-order chi connectivity index (χ1) is 30.4. The van der Waals surface area contributed by atoms with E-state index in [2.05, 4.69) is 46.5 Å². The van der Waals surface area contributed by atoms with E-state index in [1.165, 1.54) is 41.0 Å². The molecule has 8 aromatic rings. The molecule has 0 aliphatic heterocycles. The number of nitrogens with zero attached hydrogens (tertiary/aromatic N) is 4. The van der Waals surface area contributed by atoms with E-state index in [0.29, 0.717) is 37.1 Å². The lowest BCUT2D eigenvalue weighted by Gasteiger charge is -2.13. The summed E-state index contributed by atoms with van der Waals surface area (Å²) >= 11 is 0. The van der Waals surface area contributed by atoms with Crippen molar-refractivity contribution in [2.45, 2.75) is 59.2 Å². The molecule has 0 aliphatic rings. The van der Waals surface area contributed by atoms with Crippen molar-refractivity contribution in [1.82, 2.24) is 19.1 Å². The number of hydrogen-bond donors (Lipinski definition) is 6. The van der Waals surface area contributed by atoms with Gasteiger partial charge in [-0.25, -0.2) is 18.7 Å². The second-order valence-electron chi connectivity index (χ2n) is 15.4. The first kappa shape index (κ1) is 45.4. The number of aliphatic hydroxyl groups is 2. The number of halogens is 2. The lowest BCUT2D eigenvalue weighted by atomic mass is 10.0. The van der Waals surface area contributed by atoms with Crippen LogP contribution in [0.25, 0.3) is 22.1 Å². The van der Waals surface area contributed by atoms with Gasteiger partial charge in [0.15, 0.2) is 0 Å². The van der Waals surface area contributed by atoms with Gasteiger partial charge in [0.1, 0.15) is 17.9 Å². The number of nitrogens with one attached hydrogen (secondary N) is 1. The van der Waals surface area contributed by atoms with Crippen LogP contribution in [0.15, 0.2) is 121 Å². The SMILES string of the molecule is Cc1ccc(CCCO)c(N)c1.Cc1ccc(CCCO)c(NCc2ccc3nc(N)n(Cc4ccc(F)cc4)c3c2)c1.Nc1nc2ccc(C=O)cc2n1Cc1ccc(F)cc1. The lowest BCUT2D eigenvalue weighted by molar-refractivity contribution is 0.112. The Kier molecular flexibility index (Phi) is 15.6. The predicted octanol–water partition coefficient (Wildman–Crippen LogP) is 8.77. The van der Waals surface area contributed by atoms with E-state index < -0.39 is 0 Å². The number of nitrogens with two attached hydrogens (primary N) is 3. The molecule has 0 amide bonds. The molecule has 2 heterocycles. The van der Waals surface area contributed by atoms with Crippen LogP contribution in [-0.4, -0.2) is 48.8 Å². The fourth-order valence-electron chi connectivity index (χ4n) is 7.16. The van der Waals surface area contributed by atoms with Crippen LogP contribution < -0.4 is 22.5 Å². The summed E-state index contributed by atoms with van der Waals surface area (Å²) in [5.41, 5.74) is 31.4. The number of carbonyl (C=O) groups excluding carboxylic acids is 1. The number of aldehydes is 1. The van der Waals surface area contributed by atoms with Crippen LogP contribution in [0.2, 0.25) is 0 Å². The zero-order valence-corrected chi connectivity index (χ0v) is 35.6. The summed E-state index contributed by atoms with van der Waals surface area (Å²) in [5.74, 6) is 0.275. The Morgan fingerprint density at radius 1 is 0.603 bits per heavy atom. The van der Waals surface area contributed by atoms with Crippen molar-refractivity contribution >= 4 is 51.6 Å². The Balaban J connectivity index is 0.000000176. The molecular formula is C50H54F2N8O3. The third-order valence-electron chi connectivity index (χ3n) is 10.5. The number of aliphatic hydroxyl groups excluding tert-OH is 2.